The highest BCUT2D eigenvalue weighted by atomic mass is 16.5. The lowest BCUT2D eigenvalue weighted by Crippen LogP contribution is -2.05. The minimum Gasteiger partial charge on any atom is -0.478 e. The molecule has 4 heteroatoms. The van der Waals surface area contributed by atoms with E-state index in [4.69, 9.17) is 5.11 Å². The Morgan fingerprint density at radius 1 is 1.44 bits per heavy atom. The summed E-state index contributed by atoms with van der Waals surface area (Å²) in [5.74, 6) is -1.44. The molecule has 0 saturated carbocycles. The van der Waals surface area contributed by atoms with Crippen LogP contribution in [0.15, 0.2) is 23.8 Å². The molecule has 0 saturated heterocycles. The van der Waals surface area contributed by atoms with E-state index < -0.39 is 11.9 Å². The van der Waals surface area contributed by atoms with Crippen LogP contribution in [0.2, 0.25) is 0 Å². The lowest BCUT2D eigenvalue weighted by atomic mass is 10.1. The van der Waals surface area contributed by atoms with Gasteiger partial charge in [0.15, 0.2) is 0 Å². The van der Waals surface area contributed by atoms with Gasteiger partial charge in [0.25, 0.3) is 0 Å². The highest BCUT2D eigenvalue weighted by Gasteiger charge is 2.09. The molecule has 0 rings (SSSR count). The van der Waals surface area contributed by atoms with E-state index in [2.05, 4.69) is 11.3 Å². The van der Waals surface area contributed by atoms with Crippen molar-refractivity contribution < 1.29 is 19.4 Å². The van der Waals surface area contributed by atoms with Gasteiger partial charge in [0.05, 0.1) is 7.11 Å². The fourth-order valence-electron chi connectivity index (χ4n) is 1.14. The van der Waals surface area contributed by atoms with Crippen LogP contribution in [-0.2, 0) is 14.3 Å². The third kappa shape index (κ3) is 5.34. The van der Waals surface area contributed by atoms with Crippen LogP contribution in [0.4, 0.5) is 0 Å². The molecule has 1 N–H and O–H groups in total. The third-order valence-corrected chi connectivity index (χ3v) is 2.14. The summed E-state index contributed by atoms with van der Waals surface area (Å²) in [4.78, 5) is 21.9. The summed E-state index contributed by atoms with van der Waals surface area (Å²) >= 11 is 0. The van der Waals surface area contributed by atoms with E-state index >= 15 is 0 Å². The Hall–Kier alpha value is -1.58. The maximum absolute atomic E-state index is 11.0. The van der Waals surface area contributed by atoms with Crippen LogP contribution in [0, 0.1) is 0 Å². The van der Waals surface area contributed by atoms with Crippen molar-refractivity contribution in [2.24, 2.45) is 0 Å². The predicted octanol–water partition coefficient (Wildman–Crippen LogP) is 2.31. The fourth-order valence-corrected chi connectivity index (χ4v) is 1.14. The molecule has 0 aliphatic heterocycles. The largest absolute Gasteiger partial charge is 0.478 e. The first-order valence-corrected chi connectivity index (χ1v) is 5.21. The van der Waals surface area contributed by atoms with Crippen molar-refractivity contribution >= 4 is 11.9 Å². The molecule has 0 aromatic heterocycles. The number of rotatable bonds is 7. The number of ether oxygens (including phenoxy) is 1. The Bertz CT molecular complexity index is 302. The van der Waals surface area contributed by atoms with Crippen molar-refractivity contribution in [3.05, 3.63) is 23.8 Å². The zero-order valence-corrected chi connectivity index (χ0v) is 9.78. The first-order chi connectivity index (χ1) is 7.52. The van der Waals surface area contributed by atoms with Crippen LogP contribution in [-0.4, -0.2) is 24.2 Å². The van der Waals surface area contributed by atoms with Crippen molar-refractivity contribution in [1.29, 1.82) is 0 Å². The number of hydrogen-bond acceptors (Lipinski definition) is 3. The molecule has 0 amide bonds. The number of carbonyl (C=O) groups is 2. The summed E-state index contributed by atoms with van der Waals surface area (Å²) in [5, 5.41) is 8.89. The first kappa shape index (κ1) is 14.4. The number of methoxy groups -OCH3 is 1. The molecule has 0 spiro atoms. The monoisotopic (exact) mass is 226 g/mol. The Balaban J connectivity index is 4.39. The van der Waals surface area contributed by atoms with Gasteiger partial charge in [-0.1, -0.05) is 26.0 Å². The highest BCUT2D eigenvalue weighted by molar-refractivity contribution is 5.89. The molecular weight excluding hydrogens is 208 g/mol. The zero-order valence-electron chi connectivity index (χ0n) is 9.78. The molecule has 0 aromatic carbocycles. The lowest BCUT2D eigenvalue weighted by Gasteiger charge is -2.03. The lowest BCUT2D eigenvalue weighted by molar-refractivity contribution is -0.136. The molecule has 0 atom stereocenters. The van der Waals surface area contributed by atoms with Crippen molar-refractivity contribution in [2.45, 2.75) is 32.6 Å². The van der Waals surface area contributed by atoms with Crippen LogP contribution in [0.5, 0.6) is 0 Å². The molecule has 0 aliphatic carbocycles. The number of carbonyl (C=O) groups excluding carboxylic acids is 1. The second-order valence-corrected chi connectivity index (χ2v) is 3.44. The Morgan fingerprint density at radius 3 is 2.50 bits per heavy atom. The van der Waals surface area contributed by atoms with Gasteiger partial charge >= 0.3 is 11.9 Å². The van der Waals surface area contributed by atoms with Gasteiger partial charge in [-0.2, -0.15) is 0 Å². The van der Waals surface area contributed by atoms with E-state index in [1.54, 1.807) is 0 Å². The highest BCUT2D eigenvalue weighted by Crippen LogP contribution is 2.11. The van der Waals surface area contributed by atoms with Crippen LogP contribution in [0.25, 0.3) is 0 Å². The molecule has 0 bridgehead atoms. The van der Waals surface area contributed by atoms with E-state index in [-0.39, 0.29) is 12.0 Å². The summed E-state index contributed by atoms with van der Waals surface area (Å²) in [7, 11) is 1.27. The van der Waals surface area contributed by atoms with Crippen molar-refractivity contribution in [3.8, 4) is 0 Å². The summed E-state index contributed by atoms with van der Waals surface area (Å²) in [6.07, 6.45) is 4.01. The Morgan fingerprint density at radius 2 is 2.06 bits per heavy atom. The predicted molar refractivity (Wildman–Crippen MR) is 61.0 cm³/mol. The van der Waals surface area contributed by atoms with E-state index in [0.29, 0.717) is 12.0 Å². The zero-order chi connectivity index (χ0) is 12.6. The Kier molecular flexibility index (Phi) is 6.92. The number of aliphatic carboxylic acids is 1. The van der Waals surface area contributed by atoms with Gasteiger partial charge in [0.1, 0.15) is 0 Å². The third-order valence-electron chi connectivity index (χ3n) is 2.14. The summed E-state index contributed by atoms with van der Waals surface area (Å²) in [6, 6.07) is 0. The fraction of sp³-hybridized carbons (Fsp3) is 0.500. The normalized spacial score (nSPS) is 11.0. The number of hydrogen-bond donors (Lipinski definition) is 1. The van der Waals surface area contributed by atoms with Gasteiger partial charge in [-0.15, -0.1) is 0 Å². The van der Waals surface area contributed by atoms with E-state index in [0.717, 1.165) is 12.8 Å². The molecule has 0 fully saturated rings. The van der Waals surface area contributed by atoms with Gasteiger partial charge < -0.3 is 9.84 Å². The van der Waals surface area contributed by atoms with Crippen LogP contribution >= 0.6 is 0 Å². The van der Waals surface area contributed by atoms with Crippen molar-refractivity contribution in [2.75, 3.05) is 7.11 Å². The van der Waals surface area contributed by atoms with Crippen LogP contribution < -0.4 is 0 Å². The quantitative estimate of drug-likeness (QED) is 0.534. The molecule has 0 radical (unpaired) electrons. The molecule has 0 unspecified atom stereocenters. The van der Waals surface area contributed by atoms with Gasteiger partial charge in [0, 0.05) is 11.1 Å². The first-order valence-electron chi connectivity index (χ1n) is 5.21. The molecule has 4 nitrogen and oxygen atoms in total. The average molecular weight is 226 g/mol. The second kappa shape index (κ2) is 7.68. The molecule has 90 valence electrons. The van der Waals surface area contributed by atoms with Gasteiger partial charge in [-0.3, -0.25) is 0 Å². The second-order valence-electron chi connectivity index (χ2n) is 3.44. The topological polar surface area (TPSA) is 63.6 Å². The maximum atomic E-state index is 11.0. The maximum Gasteiger partial charge on any atom is 0.333 e. The number of carboxylic acid groups (broad SMARTS) is 1. The average Bonchev–Trinajstić information content (AvgIpc) is 2.27. The molecule has 0 aliphatic rings. The SMILES string of the molecule is C=C(CC=C(CCCC)C(=O)O)C(=O)OC. The minimum absolute atomic E-state index is 0.220. The van der Waals surface area contributed by atoms with Crippen LogP contribution in [0.1, 0.15) is 32.6 Å². The van der Waals surface area contributed by atoms with E-state index in [1.165, 1.54) is 13.2 Å². The molecule has 0 heterocycles. The molecular formula is C12H18O4. The molecule has 16 heavy (non-hydrogen) atoms. The van der Waals surface area contributed by atoms with Gasteiger partial charge in [-0.05, 0) is 19.3 Å². The standard InChI is InChI=1S/C12H18O4/c1-4-5-6-10(11(13)14)8-7-9(2)12(15)16-3/h8H,2,4-7H2,1,3H3,(H,13,14). The summed E-state index contributed by atoms with van der Waals surface area (Å²) in [5.41, 5.74) is 0.588. The van der Waals surface area contributed by atoms with Crippen molar-refractivity contribution in [3.63, 3.8) is 0 Å². The van der Waals surface area contributed by atoms with E-state index in [1.807, 2.05) is 6.92 Å². The smallest absolute Gasteiger partial charge is 0.333 e. The van der Waals surface area contributed by atoms with Gasteiger partial charge in [-0.25, -0.2) is 9.59 Å². The number of carboxylic acids is 1. The summed E-state index contributed by atoms with van der Waals surface area (Å²) < 4.78 is 4.47. The van der Waals surface area contributed by atoms with Crippen LogP contribution in [0.3, 0.4) is 0 Å². The number of allylic oxidation sites excluding steroid dienone is 1. The number of unbranched alkanes of at least 4 members (excludes halogenated alkanes) is 1. The Labute approximate surface area is 95.6 Å². The van der Waals surface area contributed by atoms with Gasteiger partial charge in [0.2, 0.25) is 0 Å². The van der Waals surface area contributed by atoms with E-state index in [9.17, 15) is 9.59 Å². The minimum atomic E-state index is -0.939. The summed E-state index contributed by atoms with van der Waals surface area (Å²) in [6.45, 7) is 5.52. The number of esters is 1. The molecule has 0 aromatic rings. The van der Waals surface area contributed by atoms with Crippen molar-refractivity contribution in [1.82, 2.24) is 0 Å².